The Morgan fingerprint density at radius 1 is 1.25 bits per heavy atom. The summed E-state index contributed by atoms with van der Waals surface area (Å²) in [5.74, 6) is 0. The topological polar surface area (TPSA) is 0 Å². The van der Waals surface area contributed by atoms with Crippen molar-refractivity contribution >= 4 is 21.5 Å². The molecular formula is C11H11Br. The van der Waals surface area contributed by atoms with Crippen LogP contribution in [0.1, 0.15) is 24.0 Å². The minimum Gasteiger partial charge on any atom is -0.0952 e. The van der Waals surface area contributed by atoms with Crippen LogP contribution in [0.3, 0.4) is 0 Å². The van der Waals surface area contributed by atoms with Crippen LogP contribution in [0.2, 0.25) is 0 Å². The molecule has 0 nitrogen and oxygen atoms in total. The van der Waals surface area contributed by atoms with Crippen molar-refractivity contribution in [3.05, 3.63) is 40.4 Å². The summed E-state index contributed by atoms with van der Waals surface area (Å²) in [4.78, 5) is 0. The lowest BCUT2D eigenvalue weighted by Gasteiger charge is -2.17. The standard InChI is InChI=1S/C11H11Br/c1-8-3-2-4-9-5-6-10(12)7-11(8)9/h5-7H,1-4H2. The van der Waals surface area contributed by atoms with E-state index < -0.39 is 0 Å². The lowest BCUT2D eigenvalue weighted by molar-refractivity contribution is 0.823. The molecule has 1 aromatic rings. The Bertz CT molecular complexity index is 326. The Morgan fingerprint density at radius 2 is 2.08 bits per heavy atom. The van der Waals surface area contributed by atoms with Crippen LogP contribution in [0.25, 0.3) is 5.57 Å². The van der Waals surface area contributed by atoms with E-state index in [0.29, 0.717) is 0 Å². The van der Waals surface area contributed by atoms with Crippen LogP contribution in [0.5, 0.6) is 0 Å². The predicted molar refractivity (Wildman–Crippen MR) is 56.1 cm³/mol. The van der Waals surface area contributed by atoms with Crippen molar-refractivity contribution in [1.29, 1.82) is 0 Å². The monoisotopic (exact) mass is 222 g/mol. The van der Waals surface area contributed by atoms with Gasteiger partial charge in [0.05, 0.1) is 0 Å². The number of fused-ring (bicyclic) bond motifs is 1. The zero-order valence-corrected chi connectivity index (χ0v) is 8.52. The number of rotatable bonds is 0. The van der Waals surface area contributed by atoms with Crippen molar-refractivity contribution in [1.82, 2.24) is 0 Å². The zero-order valence-electron chi connectivity index (χ0n) is 6.94. The maximum absolute atomic E-state index is 4.08. The Kier molecular flexibility index (Phi) is 2.05. The SMILES string of the molecule is C=C1CCCc2ccc(Br)cc21. The molecule has 1 heteroatoms. The Balaban J connectivity index is 2.54. The van der Waals surface area contributed by atoms with Gasteiger partial charge in [-0.3, -0.25) is 0 Å². The summed E-state index contributed by atoms with van der Waals surface area (Å²) in [6, 6.07) is 6.48. The van der Waals surface area contributed by atoms with Gasteiger partial charge in [0.2, 0.25) is 0 Å². The molecule has 2 rings (SSSR count). The van der Waals surface area contributed by atoms with Crippen molar-refractivity contribution in [2.24, 2.45) is 0 Å². The average molecular weight is 223 g/mol. The van der Waals surface area contributed by atoms with Crippen LogP contribution in [0, 0.1) is 0 Å². The smallest absolute Gasteiger partial charge is 0.0181 e. The van der Waals surface area contributed by atoms with E-state index in [1.165, 1.54) is 29.5 Å². The molecule has 0 aliphatic heterocycles. The van der Waals surface area contributed by atoms with Crippen molar-refractivity contribution in [2.45, 2.75) is 19.3 Å². The highest BCUT2D eigenvalue weighted by Gasteiger charge is 2.11. The summed E-state index contributed by atoms with van der Waals surface area (Å²) >= 11 is 3.48. The summed E-state index contributed by atoms with van der Waals surface area (Å²) in [5.41, 5.74) is 4.10. The van der Waals surface area contributed by atoms with Gasteiger partial charge in [0, 0.05) is 4.47 Å². The molecule has 12 heavy (non-hydrogen) atoms. The minimum absolute atomic E-state index is 1.16. The van der Waals surface area contributed by atoms with Crippen LogP contribution in [0.4, 0.5) is 0 Å². The van der Waals surface area contributed by atoms with E-state index in [4.69, 9.17) is 0 Å². The molecule has 62 valence electrons. The van der Waals surface area contributed by atoms with Crippen LogP contribution in [-0.2, 0) is 6.42 Å². The average Bonchev–Trinajstić information content (AvgIpc) is 2.07. The molecular weight excluding hydrogens is 212 g/mol. The van der Waals surface area contributed by atoms with E-state index in [1.807, 2.05) is 0 Å². The van der Waals surface area contributed by atoms with Gasteiger partial charge in [-0.2, -0.15) is 0 Å². The van der Waals surface area contributed by atoms with E-state index in [0.717, 1.165) is 10.9 Å². The molecule has 0 bridgehead atoms. The van der Waals surface area contributed by atoms with Crippen LogP contribution in [-0.4, -0.2) is 0 Å². The highest BCUT2D eigenvalue weighted by atomic mass is 79.9. The number of hydrogen-bond donors (Lipinski definition) is 0. The van der Waals surface area contributed by atoms with E-state index >= 15 is 0 Å². The van der Waals surface area contributed by atoms with Crippen LogP contribution in [0.15, 0.2) is 29.3 Å². The van der Waals surface area contributed by atoms with Crippen LogP contribution < -0.4 is 0 Å². The number of aryl methyl sites for hydroxylation is 1. The predicted octanol–water partition coefficient (Wildman–Crippen LogP) is 3.80. The van der Waals surface area contributed by atoms with E-state index in [-0.39, 0.29) is 0 Å². The third kappa shape index (κ3) is 1.34. The molecule has 0 unspecified atom stereocenters. The molecule has 0 radical (unpaired) electrons. The van der Waals surface area contributed by atoms with Gasteiger partial charge >= 0.3 is 0 Å². The second-order valence-electron chi connectivity index (χ2n) is 3.26. The molecule has 0 amide bonds. The lowest BCUT2D eigenvalue weighted by Crippen LogP contribution is -2.00. The maximum atomic E-state index is 4.08. The van der Waals surface area contributed by atoms with Gasteiger partial charge in [-0.1, -0.05) is 28.6 Å². The molecule has 1 aromatic carbocycles. The number of halogens is 1. The minimum atomic E-state index is 1.16. The van der Waals surface area contributed by atoms with E-state index in [9.17, 15) is 0 Å². The van der Waals surface area contributed by atoms with Crippen molar-refractivity contribution in [3.8, 4) is 0 Å². The fourth-order valence-corrected chi connectivity index (χ4v) is 2.08. The number of allylic oxidation sites excluding steroid dienone is 1. The highest BCUT2D eigenvalue weighted by molar-refractivity contribution is 9.10. The van der Waals surface area contributed by atoms with Gasteiger partial charge in [0.15, 0.2) is 0 Å². The van der Waals surface area contributed by atoms with Gasteiger partial charge in [0.1, 0.15) is 0 Å². The Morgan fingerprint density at radius 3 is 2.92 bits per heavy atom. The zero-order chi connectivity index (χ0) is 8.55. The first kappa shape index (κ1) is 8.06. The summed E-state index contributed by atoms with van der Waals surface area (Å²) < 4.78 is 1.16. The first-order valence-electron chi connectivity index (χ1n) is 4.24. The molecule has 0 aromatic heterocycles. The van der Waals surface area contributed by atoms with E-state index in [1.54, 1.807) is 0 Å². The molecule has 0 saturated carbocycles. The molecule has 0 fully saturated rings. The maximum Gasteiger partial charge on any atom is 0.0181 e. The molecule has 0 saturated heterocycles. The first-order chi connectivity index (χ1) is 5.77. The number of benzene rings is 1. The third-order valence-corrected chi connectivity index (χ3v) is 2.87. The first-order valence-corrected chi connectivity index (χ1v) is 5.03. The molecule has 0 atom stereocenters. The van der Waals surface area contributed by atoms with Crippen molar-refractivity contribution in [2.75, 3.05) is 0 Å². The number of hydrogen-bond acceptors (Lipinski definition) is 0. The molecule has 0 N–H and O–H groups in total. The molecule has 1 aliphatic carbocycles. The quantitative estimate of drug-likeness (QED) is 0.627. The Hall–Kier alpha value is -0.560. The second-order valence-corrected chi connectivity index (χ2v) is 4.17. The van der Waals surface area contributed by atoms with Gasteiger partial charge < -0.3 is 0 Å². The lowest BCUT2D eigenvalue weighted by atomic mass is 9.88. The normalized spacial score (nSPS) is 15.9. The summed E-state index contributed by atoms with van der Waals surface area (Å²) in [7, 11) is 0. The summed E-state index contributed by atoms with van der Waals surface area (Å²) in [5, 5.41) is 0. The second kappa shape index (κ2) is 3.06. The Labute approximate surface area is 81.4 Å². The van der Waals surface area contributed by atoms with Gasteiger partial charge in [-0.05, 0) is 48.1 Å². The fourth-order valence-electron chi connectivity index (χ4n) is 1.72. The molecule has 0 heterocycles. The van der Waals surface area contributed by atoms with Crippen LogP contribution >= 0.6 is 15.9 Å². The van der Waals surface area contributed by atoms with Gasteiger partial charge in [0.25, 0.3) is 0 Å². The summed E-state index contributed by atoms with van der Waals surface area (Å²) in [6.45, 7) is 4.08. The summed E-state index contributed by atoms with van der Waals surface area (Å²) in [6.07, 6.45) is 3.62. The van der Waals surface area contributed by atoms with E-state index in [2.05, 4.69) is 40.7 Å². The highest BCUT2D eigenvalue weighted by Crippen LogP contribution is 2.31. The fraction of sp³-hybridized carbons (Fsp3) is 0.273. The van der Waals surface area contributed by atoms with Crippen molar-refractivity contribution < 1.29 is 0 Å². The molecule has 1 aliphatic rings. The molecule has 0 spiro atoms. The van der Waals surface area contributed by atoms with Crippen molar-refractivity contribution in [3.63, 3.8) is 0 Å². The third-order valence-electron chi connectivity index (χ3n) is 2.38. The largest absolute Gasteiger partial charge is 0.0952 e. The van der Waals surface area contributed by atoms with Gasteiger partial charge in [-0.25, -0.2) is 0 Å². The van der Waals surface area contributed by atoms with Gasteiger partial charge in [-0.15, -0.1) is 0 Å².